The second-order valence-corrected chi connectivity index (χ2v) is 4.88. The first kappa shape index (κ1) is 14.5. The van der Waals surface area contributed by atoms with E-state index in [9.17, 15) is 4.79 Å². The molecule has 1 aromatic carbocycles. The molecule has 2 aromatic rings. The number of nitrogens with zero attached hydrogens (tertiary/aromatic N) is 3. The molecule has 1 aromatic heterocycles. The summed E-state index contributed by atoms with van der Waals surface area (Å²) in [6.07, 6.45) is 0.1000. The smallest absolute Gasteiger partial charge is 0.232 e. The Morgan fingerprint density at radius 1 is 1.25 bits per heavy atom. The summed E-state index contributed by atoms with van der Waals surface area (Å²) in [7, 11) is 0. The van der Waals surface area contributed by atoms with Gasteiger partial charge in [-0.2, -0.15) is 15.0 Å². The maximum absolute atomic E-state index is 11.1. The predicted octanol–water partition coefficient (Wildman–Crippen LogP) is 2.64. The van der Waals surface area contributed by atoms with Gasteiger partial charge in [-0.25, -0.2) is 0 Å². The van der Waals surface area contributed by atoms with Crippen molar-refractivity contribution in [3.8, 4) is 0 Å². The number of aromatic nitrogens is 3. The molecule has 1 heterocycles. The normalized spacial score (nSPS) is 10.3. The molecule has 0 bridgehead atoms. The van der Waals surface area contributed by atoms with Gasteiger partial charge >= 0.3 is 0 Å². The van der Waals surface area contributed by atoms with Crippen molar-refractivity contribution in [2.75, 3.05) is 11.1 Å². The first-order valence-corrected chi connectivity index (χ1v) is 6.41. The minimum atomic E-state index is -0.0592. The number of Topliss-reactive ketones (excluding diaryl/α,β-unsaturated/α-hetero) is 1. The number of carbonyl (C=O) groups is 1. The Morgan fingerprint density at radius 3 is 2.65 bits per heavy atom. The van der Waals surface area contributed by atoms with E-state index in [-0.39, 0.29) is 24.1 Å². The SMILES string of the molecule is CC(=O)Cc1nc(N)nc(Nc2ccc(Cl)c(Cl)c2)n1. The molecule has 0 saturated heterocycles. The van der Waals surface area contributed by atoms with Crippen molar-refractivity contribution >= 4 is 46.6 Å². The highest BCUT2D eigenvalue weighted by Crippen LogP contribution is 2.26. The van der Waals surface area contributed by atoms with Gasteiger partial charge in [0.2, 0.25) is 11.9 Å². The average Bonchev–Trinajstić information content (AvgIpc) is 2.32. The molecule has 3 N–H and O–H groups in total. The number of ketones is 1. The van der Waals surface area contributed by atoms with Gasteiger partial charge in [-0.1, -0.05) is 23.2 Å². The van der Waals surface area contributed by atoms with E-state index in [2.05, 4.69) is 20.3 Å². The van der Waals surface area contributed by atoms with E-state index in [1.165, 1.54) is 6.92 Å². The number of nitrogen functional groups attached to an aromatic ring is 1. The third kappa shape index (κ3) is 3.79. The molecule has 0 aliphatic heterocycles. The molecule has 0 saturated carbocycles. The number of hydrogen-bond acceptors (Lipinski definition) is 6. The zero-order chi connectivity index (χ0) is 14.7. The number of nitrogens with one attached hydrogen (secondary N) is 1. The molecular weight excluding hydrogens is 301 g/mol. The van der Waals surface area contributed by atoms with Crippen molar-refractivity contribution < 1.29 is 4.79 Å². The summed E-state index contributed by atoms with van der Waals surface area (Å²) in [6.45, 7) is 1.45. The Labute approximate surface area is 125 Å². The van der Waals surface area contributed by atoms with Crippen molar-refractivity contribution in [1.82, 2.24) is 15.0 Å². The first-order valence-electron chi connectivity index (χ1n) is 5.66. The number of nitrogens with two attached hydrogens (primary N) is 1. The van der Waals surface area contributed by atoms with Crippen LogP contribution in [0, 0.1) is 0 Å². The van der Waals surface area contributed by atoms with Gasteiger partial charge in [0.25, 0.3) is 0 Å². The molecule has 0 atom stereocenters. The van der Waals surface area contributed by atoms with Gasteiger partial charge in [0.05, 0.1) is 16.5 Å². The van der Waals surface area contributed by atoms with Crippen molar-refractivity contribution in [3.63, 3.8) is 0 Å². The highest BCUT2D eigenvalue weighted by Gasteiger charge is 2.08. The van der Waals surface area contributed by atoms with E-state index in [4.69, 9.17) is 28.9 Å². The van der Waals surface area contributed by atoms with Crippen LogP contribution in [0.5, 0.6) is 0 Å². The van der Waals surface area contributed by atoms with Crippen LogP contribution in [0.15, 0.2) is 18.2 Å². The van der Waals surface area contributed by atoms with Crippen LogP contribution in [-0.4, -0.2) is 20.7 Å². The summed E-state index contributed by atoms with van der Waals surface area (Å²) < 4.78 is 0. The van der Waals surface area contributed by atoms with E-state index >= 15 is 0 Å². The lowest BCUT2D eigenvalue weighted by Gasteiger charge is -2.07. The molecular formula is C12H11Cl2N5O. The summed E-state index contributed by atoms with van der Waals surface area (Å²) >= 11 is 11.7. The fraction of sp³-hybridized carbons (Fsp3) is 0.167. The summed E-state index contributed by atoms with van der Waals surface area (Å²) in [6, 6.07) is 5.00. The van der Waals surface area contributed by atoms with Gasteiger partial charge in [-0.05, 0) is 25.1 Å². The second-order valence-electron chi connectivity index (χ2n) is 4.07. The fourth-order valence-corrected chi connectivity index (χ4v) is 1.80. The molecule has 0 unspecified atom stereocenters. The molecule has 8 heteroatoms. The second kappa shape index (κ2) is 6.02. The molecule has 0 radical (unpaired) electrons. The Balaban J connectivity index is 2.26. The molecule has 6 nitrogen and oxygen atoms in total. The molecule has 0 spiro atoms. The number of benzene rings is 1. The zero-order valence-electron chi connectivity index (χ0n) is 10.5. The first-order chi connectivity index (χ1) is 9.44. The summed E-state index contributed by atoms with van der Waals surface area (Å²) in [4.78, 5) is 23.0. The fourth-order valence-electron chi connectivity index (χ4n) is 1.50. The Morgan fingerprint density at radius 2 is 2.00 bits per heavy atom. The van der Waals surface area contributed by atoms with Gasteiger partial charge in [-0.15, -0.1) is 0 Å². The molecule has 0 aliphatic carbocycles. The van der Waals surface area contributed by atoms with Crippen molar-refractivity contribution in [1.29, 1.82) is 0 Å². The lowest BCUT2D eigenvalue weighted by Crippen LogP contribution is -2.09. The number of carbonyl (C=O) groups excluding carboxylic acids is 1. The van der Waals surface area contributed by atoms with Crippen LogP contribution in [0.1, 0.15) is 12.7 Å². The minimum absolute atomic E-state index is 0.0406. The van der Waals surface area contributed by atoms with E-state index in [1.807, 2.05) is 0 Å². The molecule has 0 fully saturated rings. The quantitative estimate of drug-likeness (QED) is 0.901. The van der Waals surface area contributed by atoms with Crippen LogP contribution in [0.3, 0.4) is 0 Å². The third-order valence-electron chi connectivity index (χ3n) is 2.28. The molecule has 104 valence electrons. The predicted molar refractivity (Wildman–Crippen MR) is 78.4 cm³/mol. The standard InChI is InChI=1S/C12H11Cl2N5O/c1-6(20)4-10-17-11(15)19-12(18-10)16-7-2-3-8(13)9(14)5-7/h2-3,5H,4H2,1H3,(H3,15,16,17,18,19). The van der Waals surface area contributed by atoms with Gasteiger partial charge < -0.3 is 11.1 Å². The number of hydrogen-bond donors (Lipinski definition) is 2. The monoisotopic (exact) mass is 311 g/mol. The van der Waals surface area contributed by atoms with Crippen LogP contribution in [0.25, 0.3) is 0 Å². The van der Waals surface area contributed by atoms with Crippen LogP contribution in [0.4, 0.5) is 17.6 Å². The van der Waals surface area contributed by atoms with Crippen LogP contribution in [0.2, 0.25) is 10.0 Å². The summed E-state index contributed by atoms with van der Waals surface area (Å²) in [5.41, 5.74) is 6.23. The lowest BCUT2D eigenvalue weighted by atomic mass is 10.3. The van der Waals surface area contributed by atoms with Crippen molar-refractivity contribution in [2.45, 2.75) is 13.3 Å². The van der Waals surface area contributed by atoms with Gasteiger partial charge in [0.1, 0.15) is 11.6 Å². The van der Waals surface area contributed by atoms with E-state index < -0.39 is 0 Å². The van der Waals surface area contributed by atoms with Gasteiger partial charge in [-0.3, -0.25) is 4.79 Å². The lowest BCUT2D eigenvalue weighted by molar-refractivity contribution is -0.116. The molecule has 0 aliphatic rings. The highest BCUT2D eigenvalue weighted by atomic mass is 35.5. The average molecular weight is 312 g/mol. The topological polar surface area (TPSA) is 93.8 Å². The van der Waals surface area contributed by atoms with Gasteiger partial charge in [0, 0.05) is 5.69 Å². The van der Waals surface area contributed by atoms with E-state index in [1.54, 1.807) is 18.2 Å². The van der Waals surface area contributed by atoms with Crippen LogP contribution >= 0.6 is 23.2 Å². The Kier molecular flexibility index (Phi) is 4.36. The summed E-state index contributed by atoms with van der Waals surface area (Å²) in [5.74, 6) is 0.537. The third-order valence-corrected chi connectivity index (χ3v) is 3.02. The molecule has 2 rings (SSSR count). The van der Waals surface area contributed by atoms with Crippen LogP contribution in [-0.2, 0) is 11.2 Å². The Bertz CT molecular complexity index is 662. The van der Waals surface area contributed by atoms with Gasteiger partial charge in [0.15, 0.2) is 0 Å². The summed E-state index contributed by atoms with van der Waals surface area (Å²) in [5, 5.41) is 3.78. The van der Waals surface area contributed by atoms with E-state index in [0.29, 0.717) is 21.6 Å². The highest BCUT2D eigenvalue weighted by molar-refractivity contribution is 6.42. The number of anilines is 3. The maximum atomic E-state index is 11.1. The largest absolute Gasteiger partial charge is 0.368 e. The maximum Gasteiger partial charge on any atom is 0.232 e. The Hall–Kier alpha value is -1.92. The molecule has 20 heavy (non-hydrogen) atoms. The number of rotatable bonds is 4. The van der Waals surface area contributed by atoms with Crippen molar-refractivity contribution in [3.05, 3.63) is 34.1 Å². The number of halogens is 2. The zero-order valence-corrected chi connectivity index (χ0v) is 12.0. The van der Waals surface area contributed by atoms with Crippen LogP contribution < -0.4 is 11.1 Å². The van der Waals surface area contributed by atoms with Crippen molar-refractivity contribution in [2.24, 2.45) is 0 Å². The minimum Gasteiger partial charge on any atom is -0.368 e. The molecule has 0 amide bonds. The van der Waals surface area contributed by atoms with E-state index in [0.717, 1.165) is 0 Å².